The smallest absolute Gasteiger partial charge is 0.309 e. The normalized spacial score (nSPS) is 47.5. The quantitative estimate of drug-likeness (QED) is 0.694. The highest BCUT2D eigenvalue weighted by atomic mass is 16.6. The Bertz CT molecular complexity index is 527. The van der Waals surface area contributed by atoms with Gasteiger partial charge in [-0.2, -0.15) is 0 Å². The first-order valence-corrected chi connectivity index (χ1v) is 8.17. The molecule has 0 aromatic carbocycles. The summed E-state index contributed by atoms with van der Waals surface area (Å²) in [4.78, 5) is 36.4. The maximum atomic E-state index is 12.7. The van der Waals surface area contributed by atoms with Crippen LogP contribution in [-0.2, 0) is 23.9 Å². The number of carbonyl (C=O) groups is 3. The van der Waals surface area contributed by atoms with Gasteiger partial charge >= 0.3 is 11.9 Å². The Labute approximate surface area is 130 Å². The summed E-state index contributed by atoms with van der Waals surface area (Å²) >= 11 is 0. The molecular weight excluding hydrogens is 284 g/mol. The van der Waals surface area contributed by atoms with Gasteiger partial charge in [-0.1, -0.05) is 13.8 Å². The molecule has 3 rings (SSSR count). The van der Waals surface area contributed by atoms with E-state index in [2.05, 4.69) is 6.92 Å². The lowest BCUT2D eigenvalue weighted by Gasteiger charge is -2.40. The lowest BCUT2D eigenvalue weighted by Crippen LogP contribution is -2.49. The summed E-state index contributed by atoms with van der Waals surface area (Å²) in [6.07, 6.45) is 1.28. The zero-order valence-electron chi connectivity index (χ0n) is 13.6. The van der Waals surface area contributed by atoms with Crippen LogP contribution in [0.15, 0.2) is 0 Å². The van der Waals surface area contributed by atoms with Crippen molar-refractivity contribution in [1.29, 1.82) is 0 Å². The van der Waals surface area contributed by atoms with Gasteiger partial charge in [-0.05, 0) is 31.6 Å². The number of fused-ring (bicyclic) bond motifs is 2. The molecule has 3 fully saturated rings. The number of rotatable bonds is 1. The minimum absolute atomic E-state index is 0.155. The summed E-state index contributed by atoms with van der Waals surface area (Å²) in [6, 6.07) is 0. The maximum Gasteiger partial charge on any atom is 0.309 e. The number of ketones is 1. The van der Waals surface area contributed by atoms with Crippen LogP contribution in [0.4, 0.5) is 0 Å². The van der Waals surface area contributed by atoms with Gasteiger partial charge in [0.05, 0.1) is 11.3 Å². The Morgan fingerprint density at radius 2 is 2.00 bits per heavy atom. The SMILES string of the molecule is CC(=O)O[C@@H]1[C@H]2[C@H](C[C@@H](C)[C@@H]3CCC(=O)[C@@]13C)OC(=O)[C@@H]2C. The first-order chi connectivity index (χ1) is 10.3. The van der Waals surface area contributed by atoms with Gasteiger partial charge in [-0.3, -0.25) is 14.4 Å². The van der Waals surface area contributed by atoms with Gasteiger partial charge < -0.3 is 9.47 Å². The zero-order valence-corrected chi connectivity index (χ0v) is 13.6. The number of hydrogen-bond donors (Lipinski definition) is 0. The second kappa shape index (κ2) is 5.07. The highest BCUT2D eigenvalue weighted by Gasteiger charge is 2.63. The molecule has 5 nitrogen and oxygen atoms in total. The van der Waals surface area contributed by atoms with Crippen molar-refractivity contribution in [3.05, 3.63) is 0 Å². The van der Waals surface area contributed by atoms with E-state index in [9.17, 15) is 14.4 Å². The highest BCUT2D eigenvalue weighted by Crippen LogP contribution is 2.56. The van der Waals surface area contributed by atoms with Gasteiger partial charge in [0.2, 0.25) is 0 Å². The number of esters is 2. The number of hydrogen-bond acceptors (Lipinski definition) is 5. The predicted molar refractivity (Wildman–Crippen MR) is 77.7 cm³/mol. The van der Waals surface area contributed by atoms with E-state index in [0.29, 0.717) is 6.42 Å². The van der Waals surface area contributed by atoms with Crippen molar-refractivity contribution < 1.29 is 23.9 Å². The predicted octanol–water partition coefficient (Wildman–Crippen LogP) is 2.12. The molecule has 0 radical (unpaired) electrons. The van der Waals surface area contributed by atoms with E-state index in [1.165, 1.54) is 6.92 Å². The first-order valence-electron chi connectivity index (χ1n) is 8.17. The second-order valence-corrected chi connectivity index (χ2v) is 7.44. The highest BCUT2D eigenvalue weighted by molar-refractivity contribution is 5.88. The van der Waals surface area contributed by atoms with Gasteiger partial charge in [0.15, 0.2) is 0 Å². The summed E-state index contributed by atoms with van der Waals surface area (Å²) in [7, 11) is 0. The van der Waals surface area contributed by atoms with E-state index in [4.69, 9.17) is 9.47 Å². The standard InChI is InChI=1S/C17H24O5/c1-8-7-12-14(9(2)16(20)22-12)15(21-10(3)18)17(4)11(8)5-6-13(17)19/h8-9,11-12,14-15H,5-7H2,1-4H3/t8-,9-,11+,12+,14-,15-,17+/m1/s1. The number of Topliss-reactive ketones (excluding diaryl/α,β-unsaturated/α-hetero) is 1. The van der Waals surface area contributed by atoms with Crippen LogP contribution in [0, 0.1) is 29.1 Å². The Morgan fingerprint density at radius 3 is 2.64 bits per heavy atom. The molecule has 0 aromatic heterocycles. The molecule has 7 atom stereocenters. The Kier molecular flexibility index (Phi) is 3.57. The average molecular weight is 308 g/mol. The van der Waals surface area contributed by atoms with Crippen LogP contribution in [0.25, 0.3) is 0 Å². The Morgan fingerprint density at radius 1 is 1.32 bits per heavy atom. The summed E-state index contributed by atoms with van der Waals surface area (Å²) in [5, 5.41) is 0. The first kappa shape index (κ1) is 15.5. The van der Waals surface area contributed by atoms with E-state index >= 15 is 0 Å². The molecule has 0 bridgehead atoms. The van der Waals surface area contributed by atoms with Gasteiger partial charge in [0, 0.05) is 19.3 Å². The molecular formula is C17H24O5. The van der Waals surface area contributed by atoms with Crippen molar-refractivity contribution >= 4 is 17.7 Å². The van der Waals surface area contributed by atoms with Crippen molar-refractivity contribution in [3.8, 4) is 0 Å². The fourth-order valence-electron chi connectivity index (χ4n) is 5.09. The Balaban J connectivity index is 2.09. The second-order valence-electron chi connectivity index (χ2n) is 7.44. The van der Waals surface area contributed by atoms with Crippen molar-refractivity contribution in [2.24, 2.45) is 29.1 Å². The van der Waals surface area contributed by atoms with E-state index in [1.807, 2.05) is 13.8 Å². The van der Waals surface area contributed by atoms with Gasteiger partial charge in [-0.15, -0.1) is 0 Å². The minimum Gasteiger partial charge on any atom is -0.462 e. The van der Waals surface area contributed by atoms with Crippen LogP contribution in [0.2, 0.25) is 0 Å². The third-order valence-corrected chi connectivity index (χ3v) is 6.22. The molecule has 0 spiro atoms. The molecule has 3 aliphatic rings. The van der Waals surface area contributed by atoms with Gasteiger partial charge in [0.1, 0.15) is 18.0 Å². The molecule has 0 unspecified atom stereocenters. The van der Waals surface area contributed by atoms with Crippen molar-refractivity contribution in [3.63, 3.8) is 0 Å². The molecule has 0 amide bonds. The molecule has 1 saturated heterocycles. The van der Waals surface area contributed by atoms with E-state index in [-0.39, 0.29) is 41.5 Å². The topological polar surface area (TPSA) is 69.7 Å². The molecule has 5 heteroatoms. The average Bonchev–Trinajstić information content (AvgIpc) is 2.84. The molecule has 2 saturated carbocycles. The van der Waals surface area contributed by atoms with E-state index < -0.39 is 17.5 Å². The van der Waals surface area contributed by atoms with E-state index in [1.54, 1.807) is 0 Å². The summed E-state index contributed by atoms with van der Waals surface area (Å²) in [5.41, 5.74) is -0.702. The van der Waals surface area contributed by atoms with Crippen LogP contribution in [0.5, 0.6) is 0 Å². The fourth-order valence-corrected chi connectivity index (χ4v) is 5.09. The fraction of sp³-hybridized carbons (Fsp3) is 0.824. The number of carbonyl (C=O) groups excluding carboxylic acids is 3. The minimum atomic E-state index is -0.702. The zero-order chi connectivity index (χ0) is 16.2. The third-order valence-electron chi connectivity index (χ3n) is 6.22. The van der Waals surface area contributed by atoms with Crippen LogP contribution in [0.1, 0.15) is 47.0 Å². The van der Waals surface area contributed by atoms with Crippen LogP contribution >= 0.6 is 0 Å². The van der Waals surface area contributed by atoms with E-state index in [0.717, 1.165) is 12.8 Å². The monoisotopic (exact) mass is 308 g/mol. The summed E-state index contributed by atoms with van der Waals surface area (Å²) in [6.45, 7) is 7.22. The van der Waals surface area contributed by atoms with Crippen molar-refractivity contribution in [2.45, 2.75) is 59.2 Å². The van der Waals surface area contributed by atoms with Crippen LogP contribution in [0.3, 0.4) is 0 Å². The maximum absolute atomic E-state index is 12.7. The molecule has 1 heterocycles. The molecule has 22 heavy (non-hydrogen) atoms. The van der Waals surface area contributed by atoms with Crippen molar-refractivity contribution in [1.82, 2.24) is 0 Å². The molecule has 2 aliphatic carbocycles. The molecule has 0 N–H and O–H groups in total. The van der Waals surface area contributed by atoms with Crippen molar-refractivity contribution in [2.75, 3.05) is 0 Å². The lowest BCUT2D eigenvalue weighted by molar-refractivity contribution is -0.165. The molecule has 122 valence electrons. The van der Waals surface area contributed by atoms with Crippen LogP contribution in [-0.4, -0.2) is 29.9 Å². The number of ether oxygens (including phenoxy) is 2. The third kappa shape index (κ3) is 2.01. The van der Waals surface area contributed by atoms with Gasteiger partial charge in [0.25, 0.3) is 0 Å². The summed E-state index contributed by atoms with van der Waals surface area (Å²) in [5.74, 6) is -0.607. The van der Waals surface area contributed by atoms with Crippen LogP contribution < -0.4 is 0 Å². The van der Waals surface area contributed by atoms with Gasteiger partial charge in [-0.25, -0.2) is 0 Å². The molecule has 1 aliphatic heterocycles. The molecule has 0 aromatic rings. The summed E-state index contributed by atoms with van der Waals surface area (Å²) < 4.78 is 11.2. The largest absolute Gasteiger partial charge is 0.462 e. The lowest BCUT2D eigenvalue weighted by atomic mass is 9.67. The Hall–Kier alpha value is -1.39.